The van der Waals surface area contributed by atoms with Crippen LogP contribution < -0.4 is 0 Å². The Labute approximate surface area is 118 Å². The van der Waals surface area contributed by atoms with Gasteiger partial charge in [-0.3, -0.25) is 9.59 Å². The number of hydrogen-bond donors (Lipinski definition) is 1. The van der Waals surface area contributed by atoms with Gasteiger partial charge in [0, 0.05) is 17.9 Å². The SMILES string of the molecule is CCC(C)(C(=O)O)c1ccc(C(=O)CCCCl)cc1. The van der Waals surface area contributed by atoms with E-state index in [1.54, 1.807) is 31.2 Å². The molecule has 0 amide bonds. The number of alkyl halides is 1. The van der Waals surface area contributed by atoms with Gasteiger partial charge in [0.1, 0.15) is 0 Å². The van der Waals surface area contributed by atoms with Crippen molar-refractivity contribution >= 4 is 23.4 Å². The minimum atomic E-state index is -0.905. The Kier molecular flexibility index (Phi) is 5.55. The molecule has 0 saturated carbocycles. The van der Waals surface area contributed by atoms with E-state index in [1.807, 2.05) is 6.92 Å². The Morgan fingerprint density at radius 1 is 1.26 bits per heavy atom. The number of carbonyl (C=O) groups is 2. The largest absolute Gasteiger partial charge is 0.481 e. The Hall–Kier alpha value is -1.35. The molecule has 0 fully saturated rings. The molecular weight excluding hydrogens is 264 g/mol. The second kappa shape index (κ2) is 6.71. The first-order valence-corrected chi connectivity index (χ1v) is 6.92. The Morgan fingerprint density at radius 2 is 1.84 bits per heavy atom. The molecule has 1 aromatic carbocycles. The van der Waals surface area contributed by atoms with E-state index in [0.29, 0.717) is 30.7 Å². The van der Waals surface area contributed by atoms with Gasteiger partial charge in [0.05, 0.1) is 5.41 Å². The average Bonchev–Trinajstić information content (AvgIpc) is 2.43. The third kappa shape index (κ3) is 3.57. The Balaban J connectivity index is 2.93. The van der Waals surface area contributed by atoms with Crippen molar-refractivity contribution in [3.05, 3.63) is 35.4 Å². The molecule has 0 aromatic heterocycles. The lowest BCUT2D eigenvalue weighted by Gasteiger charge is -2.23. The monoisotopic (exact) mass is 282 g/mol. The number of aliphatic carboxylic acids is 1. The first-order chi connectivity index (χ1) is 8.95. The fourth-order valence-corrected chi connectivity index (χ4v) is 2.01. The molecule has 0 saturated heterocycles. The van der Waals surface area contributed by atoms with E-state index in [0.717, 1.165) is 5.56 Å². The number of rotatable bonds is 7. The van der Waals surface area contributed by atoms with Crippen molar-refractivity contribution in [1.82, 2.24) is 0 Å². The number of halogens is 1. The number of carbonyl (C=O) groups excluding carboxylic acids is 1. The lowest BCUT2D eigenvalue weighted by molar-refractivity contribution is -0.143. The molecule has 0 spiro atoms. The summed E-state index contributed by atoms with van der Waals surface area (Å²) < 4.78 is 0. The summed E-state index contributed by atoms with van der Waals surface area (Å²) in [4.78, 5) is 23.1. The predicted molar refractivity (Wildman–Crippen MR) is 76.0 cm³/mol. The lowest BCUT2D eigenvalue weighted by Crippen LogP contribution is -2.31. The van der Waals surface area contributed by atoms with Crippen molar-refractivity contribution in [2.75, 3.05) is 5.88 Å². The maximum atomic E-state index is 11.8. The van der Waals surface area contributed by atoms with Gasteiger partial charge in [0.2, 0.25) is 0 Å². The third-order valence-electron chi connectivity index (χ3n) is 3.56. The zero-order chi connectivity index (χ0) is 14.5. The number of hydrogen-bond acceptors (Lipinski definition) is 2. The molecule has 4 heteroatoms. The molecule has 0 aliphatic heterocycles. The maximum Gasteiger partial charge on any atom is 0.313 e. The van der Waals surface area contributed by atoms with Gasteiger partial charge in [-0.15, -0.1) is 11.6 Å². The highest BCUT2D eigenvalue weighted by Crippen LogP contribution is 2.28. The Morgan fingerprint density at radius 3 is 2.26 bits per heavy atom. The van der Waals surface area contributed by atoms with Gasteiger partial charge in [-0.1, -0.05) is 31.2 Å². The van der Waals surface area contributed by atoms with Gasteiger partial charge in [0.25, 0.3) is 0 Å². The number of carboxylic acids is 1. The van der Waals surface area contributed by atoms with Crippen LogP contribution in [0.3, 0.4) is 0 Å². The summed E-state index contributed by atoms with van der Waals surface area (Å²) in [7, 11) is 0. The topological polar surface area (TPSA) is 54.4 Å². The van der Waals surface area contributed by atoms with Crippen LogP contribution in [0, 0.1) is 0 Å². The summed E-state index contributed by atoms with van der Waals surface area (Å²) in [5, 5.41) is 9.30. The van der Waals surface area contributed by atoms with E-state index < -0.39 is 11.4 Å². The molecule has 1 N–H and O–H groups in total. The Bertz CT molecular complexity index is 453. The fourth-order valence-electron chi connectivity index (χ4n) is 1.87. The normalized spacial score (nSPS) is 13.8. The van der Waals surface area contributed by atoms with Crippen LogP contribution in [0.4, 0.5) is 0 Å². The van der Waals surface area contributed by atoms with Crippen LogP contribution in [0.15, 0.2) is 24.3 Å². The van der Waals surface area contributed by atoms with Crippen LogP contribution in [-0.4, -0.2) is 22.7 Å². The van der Waals surface area contributed by atoms with E-state index in [9.17, 15) is 14.7 Å². The van der Waals surface area contributed by atoms with Gasteiger partial charge in [0.15, 0.2) is 5.78 Å². The smallest absolute Gasteiger partial charge is 0.313 e. The highest BCUT2D eigenvalue weighted by molar-refractivity contribution is 6.18. The molecule has 1 atom stereocenters. The zero-order valence-corrected chi connectivity index (χ0v) is 12.0. The van der Waals surface area contributed by atoms with Crippen LogP contribution in [0.2, 0.25) is 0 Å². The maximum absolute atomic E-state index is 11.8. The number of ketones is 1. The standard InChI is InChI=1S/C15H19ClO3/c1-3-15(2,14(18)19)12-8-6-11(7-9-12)13(17)5-4-10-16/h6-9H,3-5,10H2,1-2H3,(H,18,19). The molecule has 0 radical (unpaired) electrons. The van der Waals surface area contributed by atoms with E-state index in [1.165, 1.54) is 0 Å². The first kappa shape index (κ1) is 15.7. The molecule has 1 aromatic rings. The molecule has 104 valence electrons. The molecule has 1 unspecified atom stereocenters. The summed E-state index contributed by atoms with van der Waals surface area (Å²) in [5.41, 5.74) is 0.423. The van der Waals surface area contributed by atoms with Crippen LogP contribution >= 0.6 is 11.6 Å². The minimum absolute atomic E-state index is 0.0423. The number of benzene rings is 1. The molecule has 3 nitrogen and oxygen atoms in total. The van der Waals surface area contributed by atoms with Gasteiger partial charge in [-0.2, -0.15) is 0 Å². The predicted octanol–water partition coefficient (Wildman–Crippen LogP) is 3.64. The summed E-state index contributed by atoms with van der Waals surface area (Å²) in [6.07, 6.45) is 1.58. The van der Waals surface area contributed by atoms with Gasteiger partial charge in [-0.25, -0.2) is 0 Å². The molecule has 1 rings (SSSR count). The van der Waals surface area contributed by atoms with Gasteiger partial charge < -0.3 is 5.11 Å². The number of carboxylic acid groups (broad SMARTS) is 1. The second-order valence-electron chi connectivity index (χ2n) is 4.78. The summed E-state index contributed by atoms with van der Waals surface area (Å²) in [5.74, 6) is -0.339. The number of Topliss-reactive ketones (excluding diaryl/α,β-unsaturated/α-hetero) is 1. The minimum Gasteiger partial charge on any atom is -0.481 e. The van der Waals surface area contributed by atoms with E-state index in [2.05, 4.69) is 0 Å². The van der Waals surface area contributed by atoms with Gasteiger partial charge in [-0.05, 0) is 25.3 Å². The second-order valence-corrected chi connectivity index (χ2v) is 5.16. The lowest BCUT2D eigenvalue weighted by atomic mass is 9.80. The summed E-state index contributed by atoms with van der Waals surface area (Å²) >= 11 is 5.55. The molecule has 0 aliphatic carbocycles. The highest BCUT2D eigenvalue weighted by Gasteiger charge is 2.33. The fraction of sp³-hybridized carbons (Fsp3) is 0.467. The third-order valence-corrected chi connectivity index (χ3v) is 3.83. The highest BCUT2D eigenvalue weighted by atomic mass is 35.5. The molecule has 19 heavy (non-hydrogen) atoms. The van der Waals surface area contributed by atoms with E-state index in [4.69, 9.17) is 11.6 Å². The van der Waals surface area contributed by atoms with Crippen LogP contribution in [-0.2, 0) is 10.2 Å². The molecule has 0 bridgehead atoms. The quantitative estimate of drug-likeness (QED) is 0.613. The van der Waals surface area contributed by atoms with Crippen molar-refractivity contribution in [1.29, 1.82) is 0 Å². The summed E-state index contributed by atoms with van der Waals surface area (Å²) in [6, 6.07) is 6.85. The first-order valence-electron chi connectivity index (χ1n) is 6.38. The summed E-state index contributed by atoms with van der Waals surface area (Å²) in [6.45, 7) is 3.54. The van der Waals surface area contributed by atoms with Crippen molar-refractivity contribution in [3.63, 3.8) is 0 Å². The molecular formula is C15H19ClO3. The van der Waals surface area contributed by atoms with Crippen molar-refractivity contribution < 1.29 is 14.7 Å². The molecule has 0 aliphatic rings. The molecule has 0 heterocycles. The van der Waals surface area contributed by atoms with E-state index >= 15 is 0 Å². The van der Waals surface area contributed by atoms with Crippen molar-refractivity contribution in [2.24, 2.45) is 0 Å². The van der Waals surface area contributed by atoms with Crippen molar-refractivity contribution in [3.8, 4) is 0 Å². The van der Waals surface area contributed by atoms with Crippen LogP contribution in [0.25, 0.3) is 0 Å². The van der Waals surface area contributed by atoms with Crippen LogP contribution in [0.5, 0.6) is 0 Å². The van der Waals surface area contributed by atoms with Gasteiger partial charge >= 0.3 is 5.97 Å². The average molecular weight is 283 g/mol. The van der Waals surface area contributed by atoms with E-state index in [-0.39, 0.29) is 5.78 Å². The van der Waals surface area contributed by atoms with Crippen LogP contribution in [0.1, 0.15) is 49.0 Å². The zero-order valence-electron chi connectivity index (χ0n) is 11.3. The van der Waals surface area contributed by atoms with Crippen molar-refractivity contribution in [2.45, 2.75) is 38.5 Å².